The van der Waals surface area contributed by atoms with E-state index >= 15 is 0 Å². The fraction of sp³-hybridized carbons (Fsp3) is 0.259. The first-order chi connectivity index (χ1) is 15.7. The summed E-state index contributed by atoms with van der Waals surface area (Å²) in [7, 11) is 0. The van der Waals surface area contributed by atoms with Gasteiger partial charge in [0.1, 0.15) is 15.8 Å². The molecule has 1 aliphatic heterocycles. The minimum absolute atomic E-state index is 0.0442. The zero-order valence-corrected chi connectivity index (χ0v) is 19.2. The lowest BCUT2D eigenvalue weighted by Crippen LogP contribution is -2.41. The van der Waals surface area contributed by atoms with Crippen molar-refractivity contribution >= 4 is 40.3 Å². The van der Waals surface area contributed by atoms with Crippen LogP contribution in [0.4, 0.5) is 0 Å². The highest BCUT2D eigenvalue weighted by Gasteiger charge is 2.47. The Hall–Kier alpha value is -2.63. The van der Waals surface area contributed by atoms with Crippen molar-refractivity contribution in [3.63, 3.8) is 0 Å². The van der Waals surface area contributed by atoms with Gasteiger partial charge in [-0.1, -0.05) is 85.0 Å². The molecule has 2 saturated carbocycles. The van der Waals surface area contributed by atoms with Crippen molar-refractivity contribution in [2.24, 2.45) is 11.8 Å². The summed E-state index contributed by atoms with van der Waals surface area (Å²) in [4.78, 5) is 15.7. The molecule has 6 rings (SSSR count). The quantitative estimate of drug-likeness (QED) is 0.312. The molecule has 32 heavy (non-hydrogen) atoms. The number of carbonyl (C=O) groups excluding carboxylic acids is 1. The smallest absolute Gasteiger partial charge is 0.266 e. The molecule has 3 aliphatic rings. The lowest BCUT2D eigenvalue weighted by molar-refractivity contribution is -0.124. The Morgan fingerprint density at radius 3 is 2.38 bits per heavy atom. The highest BCUT2D eigenvalue weighted by atomic mass is 32.2. The molecule has 0 radical (unpaired) electrons. The molecule has 3 atom stereocenters. The monoisotopic (exact) mass is 457 g/mol. The molecule has 2 bridgehead atoms. The number of benzene rings is 2. The van der Waals surface area contributed by atoms with E-state index in [1.54, 1.807) is 0 Å². The number of hydrogen-bond acceptors (Lipinski definition) is 4. The Kier molecular flexibility index (Phi) is 5.04. The lowest BCUT2D eigenvalue weighted by Gasteiger charge is -2.30. The van der Waals surface area contributed by atoms with E-state index in [2.05, 4.69) is 36.4 Å². The van der Waals surface area contributed by atoms with E-state index in [-0.39, 0.29) is 5.91 Å². The Bertz CT molecular complexity index is 1210. The molecule has 3 fully saturated rings. The minimum atomic E-state index is 0.0442. The van der Waals surface area contributed by atoms with Crippen molar-refractivity contribution in [3.05, 3.63) is 77.4 Å². The van der Waals surface area contributed by atoms with Crippen molar-refractivity contribution in [3.8, 4) is 22.5 Å². The number of nitrogens with zero attached hydrogens (tertiary/aromatic N) is 1. The number of thiocarbonyl (C=S) groups is 1. The molecule has 1 amide bonds. The molecule has 160 valence electrons. The largest absolute Gasteiger partial charge is 0.457 e. The van der Waals surface area contributed by atoms with Crippen LogP contribution in [0.25, 0.3) is 28.5 Å². The molecule has 0 N–H and O–H groups in total. The van der Waals surface area contributed by atoms with E-state index in [1.807, 2.05) is 41.3 Å². The third kappa shape index (κ3) is 3.54. The van der Waals surface area contributed by atoms with Gasteiger partial charge >= 0.3 is 0 Å². The van der Waals surface area contributed by atoms with Crippen LogP contribution < -0.4 is 0 Å². The summed E-state index contributed by atoms with van der Waals surface area (Å²) in [6.07, 6.45) is 6.75. The minimum Gasteiger partial charge on any atom is -0.457 e. The summed E-state index contributed by atoms with van der Waals surface area (Å²) in [5.41, 5.74) is 3.38. The summed E-state index contributed by atoms with van der Waals surface area (Å²) in [6.45, 7) is 0. The van der Waals surface area contributed by atoms with Crippen LogP contribution in [0.1, 0.15) is 31.4 Å². The molecule has 3 aromatic rings. The van der Waals surface area contributed by atoms with Gasteiger partial charge in [-0.05, 0) is 54.4 Å². The van der Waals surface area contributed by atoms with Gasteiger partial charge in [-0.2, -0.15) is 0 Å². The number of rotatable bonds is 4. The van der Waals surface area contributed by atoms with Gasteiger partial charge < -0.3 is 4.42 Å². The molecular formula is C27H23NO2S2. The summed E-state index contributed by atoms with van der Waals surface area (Å²) >= 11 is 7.00. The van der Waals surface area contributed by atoms with Crippen LogP contribution in [0.2, 0.25) is 0 Å². The maximum atomic E-state index is 13.1. The van der Waals surface area contributed by atoms with E-state index in [0.29, 0.717) is 26.9 Å². The van der Waals surface area contributed by atoms with Crippen molar-refractivity contribution in [1.82, 2.24) is 4.90 Å². The van der Waals surface area contributed by atoms with Crippen LogP contribution in [-0.2, 0) is 4.79 Å². The number of fused-ring (bicyclic) bond motifs is 2. The lowest BCUT2D eigenvalue weighted by atomic mass is 9.94. The van der Waals surface area contributed by atoms with E-state index in [9.17, 15) is 4.79 Å². The van der Waals surface area contributed by atoms with Gasteiger partial charge in [-0.25, -0.2) is 0 Å². The molecule has 2 aromatic carbocycles. The maximum Gasteiger partial charge on any atom is 0.266 e. The summed E-state index contributed by atoms with van der Waals surface area (Å²) in [5, 5.41) is 0. The average Bonchev–Trinajstić information content (AvgIpc) is 3.61. The molecule has 3 nitrogen and oxygen atoms in total. The van der Waals surface area contributed by atoms with Gasteiger partial charge in [0.15, 0.2) is 0 Å². The average molecular weight is 458 g/mol. The van der Waals surface area contributed by atoms with Gasteiger partial charge in [-0.3, -0.25) is 9.69 Å². The zero-order chi connectivity index (χ0) is 21.7. The predicted molar refractivity (Wildman–Crippen MR) is 134 cm³/mol. The second-order valence-corrected chi connectivity index (χ2v) is 10.6. The SMILES string of the molecule is O=C1/C(=C/c2ccc(-c3ccc(-c4ccccc4)cc3)o2)SC(=S)N1C1CC2CCC1C2. The van der Waals surface area contributed by atoms with E-state index in [1.165, 1.54) is 42.2 Å². The van der Waals surface area contributed by atoms with Crippen molar-refractivity contribution < 1.29 is 9.21 Å². The number of thioether (sulfide) groups is 1. The van der Waals surface area contributed by atoms with Gasteiger partial charge in [0, 0.05) is 17.7 Å². The maximum absolute atomic E-state index is 13.1. The fourth-order valence-electron chi connectivity index (χ4n) is 5.47. The van der Waals surface area contributed by atoms with Crippen LogP contribution in [0.5, 0.6) is 0 Å². The standard InChI is InChI=1S/C27H23NO2S2/c29-26-25(32-27(31)28(26)23-15-17-6-7-21(23)14-17)16-22-12-13-24(30-22)20-10-8-19(9-11-20)18-4-2-1-3-5-18/h1-5,8-13,16-17,21,23H,6-7,14-15H2/b25-16-. The second-order valence-electron chi connectivity index (χ2n) is 8.94. The van der Waals surface area contributed by atoms with Gasteiger partial charge in [0.2, 0.25) is 0 Å². The first-order valence-corrected chi connectivity index (χ1v) is 12.4. The number of hydrogen-bond donors (Lipinski definition) is 0. The summed E-state index contributed by atoms with van der Waals surface area (Å²) in [6, 6.07) is 22.8. The van der Waals surface area contributed by atoms with Crippen LogP contribution >= 0.6 is 24.0 Å². The normalized spacial score (nSPS) is 25.9. The molecule has 1 aromatic heterocycles. The van der Waals surface area contributed by atoms with Crippen LogP contribution in [0, 0.1) is 11.8 Å². The van der Waals surface area contributed by atoms with E-state index in [0.717, 1.165) is 23.7 Å². The van der Waals surface area contributed by atoms with E-state index in [4.69, 9.17) is 16.6 Å². The van der Waals surface area contributed by atoms with Crippen LogP contribution in [0.15, 0.2) is 76.1 Å². The first-order valence-electron chi connectivity index (χ1n) is 11.2. The van der Waals surface area contributed by atoms with Crippen LogP contribution in [-0.4, -0.2) is 21.2 Å². The second kappa shape index (κ2) is 8.05. The topological polar surface area (TPSA) is 33.5 Å². The highest BCUT2D eigenvalue weighted by Crippen LogP contribution is 2.49. The molecular weight excluding hydrogens is 434 g/mol. The van der Waals surface area contributed by atoms with Crippen molar-refractivity contribution in [2.45, 2.75) is 31.7 Å². The van der Waals surface area contributed by atoms with E-state index < -0.39 is 0 Å². The van der Waals surface area contributed by atoms with Crippen molar-refractivity contribution in [1.29, 1.82) is 0 Å². The van der Waals surface area contributed by atoms with Crippen molar-refractivity contribution in [2.75, 3.05) is 0 Å². The molecule has 1 saturated heterocycles. The third-order valence-corrected chi connectivity index (χ3v) is 8.36. The predicted octanol–water partition coefficient (Wildman–Crippen LogP) is 7.00. The Labute approximate surface area is 197 Å². The zero-order valence-electron chi connectivity index (χ0n) is 17.6. The highest BCUT2D eigenvalue weighted by molar-refractivity contribution is 8.26. The Balaban J connectivity index is 1.20. The summed E-state index contributed by atoms with van der Waals surface area (Å²) in [5.74, 6) is 2.91. The molecule has 2 heterocycles. The van der Waals surface area contributed by atoms with Crippen LogP contribution in [0.3, 0.4) is 0 Å². The molecule has 0 spiro atoms. The first kappa shape index (κ1) is 20.0. The Morgan fingerprint density at radius 1 is 0.906 bits per heavy atom. The molecule has 3 unspecified atom stereocenters. The molecule has 2 aliphatic carbocycles. The molecule has 5 heteroatoms. The van der Waals surface area contributed by atoms with Gasteiger partial charge in [0.25, 0.3) is 5.91 Å². The number of amides is 1. The number of furan rings is 1. The number of carbonyl (C=O) groups is 1. The summed E-state index contributed by atoms with van der Waals surface area (Å²) < 4.78 is 6.76. The van der Waals surface area contributed by atoms with Gasteiger partial charge in [0.05, 0.1) is 4.91 Å². The Morgan fingerprint density at radius 2 is 1.66 bits per heavy atom. The third-order valence-electron chi connectivity index (χ3n) is 7.03. The van der Waals surface area contributed by atoms with Gasteiger partial charge in [-0.15, -0.1) is 0 Å². The fourth-order valence-corrected chi connectivity index (χ4v) is 6.82.